The topological polar surface area (TPSA) is 72.2 Å². The maximum Gasteiger partial charge on any atom is 0.328 e. The highest BCUT2D eigenvalue weighted by Gasteiger charge is 2.05. The summed E-state index contributed by atoms with van der Waals surface area (Å²) in [4.78, 5) is 23.1. The first-order valence-electron chi connectivity index (χ1n) is 5.57. The fourth-order valence-electron chi connectivity index (χ4n) is 1.57. The molecule has 5 nitrogen and oxygen atoms in total. The molecule has 0 amide bonds. The fraction of sp³-hybridized carbons (Fsp3) is 0.154. The summed E-state index contributed by atoms with van der Waals surface area (Å²) in [6.07, 6.45) is 4.23. The van der Waals surface area contributed by atoms with Gasteiger partial charge in [-0.2, -0.15) is 5.10 Å². The molecule has 2 aromatic heterocycles. The molecule has 2 aromatic rings. The zero-order chi connectivity index (χ0) is 13.8. The lowest BCUT2D eigenvalue weighted by atomic mass is 10.2. The Balaban J connectivity index is 2.27. The highest BCUT2D eigenvalue weighted by atomic mass is 32.1. The van der Waals surface area contributed by atoms with Gasteiger partial charge in [-0.05, 0) is 35.6 Å². The average molecular weight is 276 g/mol. The molecule has 0 unspecified atom stereocenters. The lowest BCUT2D eigenvalue weighted by Crippen LogP contribution is -2.22. The highest BCUT2D eigenvalue weighted by molar-refractivity contribution is 7.10. The Kier molecular flexibility index (Phi) is 3.91. The van der Waals surface area contributed by atoms with Crippen LogP contribution in [0.3, 0.4) is 0 Å². The minimum atomic E-state index is -0.997. The van der Waals surface area contributed by atoms with Crippen LogP contribution in [0.1, 0.15) is 16.0 Å². The third kappa shape index (κ3) is 3.38. The van der Waals surface area contributed by atoms with Gasteiger partial charge in [-0.3, -0.25) is 4.79 Å². The number of hydrogen-bond acceptors (Lipinski definition) is 4. The molecular weight excluding hydrogens is 264 g/mol. The van der Waals surface area contributed by atoms with Crippen LogP contribution in [0.2, 0.25) is 0 Å². The van der Waals surface area contributed by atoms with E-state index in [2.05, 4.69) is 5.10 Å². The number of aryl methyl sites for hydroxylation is 1. The van der Waals surface area contributed by atoms with Gasteiger partial charge < -0.3 is 5.11 Å². The summed E-state index contributed by atoms with van der Waals surface area (Å²) in [6, 6.07) is 3.34. The molecule has 0 aliphatic carbocycles. The van der Waals surface area contributed by atoms with E-state index in [0.717, 1.165) is 22.1 Å². The maximum absolute atomic E-state index is 11.7. The number of thiophene rings is 1. The molecule has 0 aliphatic rings. The number of hydrogen-bond donors (Lipinski definition) is 1. The van der Waals surface area contributed by atoms with E-state index in [-0.39, 0.29) is 5.56 Å². The second-order valence-electron chi connectivity index (χ2n) is 4.00. The van der Waals surface area contributed by atoms with Gasteiger partial charge in [0, 0.05) is 17.0 Å². The first-order chi connectivity index (χ1) is 9.06. The van der Waals surface area contributed by atoms with Crippen molar-refractivity contribution in [3.8, 4) is 0 Å². The van der Waals surface area contributed by atoms with Crippen molar-refractivity contribution < 1.29 is 9.90 Å². The van der Waals surface area contributed by atoms with Gasteiger partial charge in [-0.1, -0.05) is 0 Å². The third-order valence-corrected chi connectivity index (χ3v) is 3.41. The van der Waals surface area contributed by atoms with Crippen molar-refractivity contribution in [2.24, 2.45) is 0 Å². The molecule has 0 bridgehead atoms. The predicted molar refractivity (Wildman–Crippen MR) is 73.3 cm³/mol. The van der Waals surface area contributed by atoms with Crippen LogP contribution in [0, 0.1) is 6.92 Å². The van der Waals surface area contributed by atoms with Gasteiger partial charge in [-0.15, -0.1) is 11.3 Å². The molecule has 0 spiro atoms. The largest absolute Gasteiger partial charge is 0.478 e. The van der Waals surface area contributed by atoms with Crippen LogP contribution in [-0.4, -0.2) is 20.9 Å². The summed E-state index contributed by atoms with van der Waals surface area (Å²) in [5.41, 5.74) is 1.45. The number of carboxylic acid groups (broad SMARTS) is 1. The second kappa shape index (κ2) is 5.62. The smallest absolute Gasteiger partial charge is 0.328 e. The third-order valence-electron chi connectivity index (χ3n) is 2.49. The number of aliphatic carboxylic acids is 1. The van der Waals surface area contributed by atoms with Crippen molar-refractivity contribution in [2.75, 3.05) is 0 Å². The number of carbonyl (C=O) groups is 1. The van der Waals surface area contributed by atoms with Crippen molar-refractivity contribution in [3.63, 3.8) is 0 Å². The molecule has 98 valence electrons. The summed E-state index contributed by atoms with van der Waals surface area (Å²) >= 11 is 1.47. The Labute approximate surface area is 113 Å². The van der Waals surface area contributed by atoms with Gasteiger partial charge in [-0.25, -0.2) is 9.48 Å². The monoisotopic (exact) mass is 276 g/mol. The van der Waals surface area contributed by atoms with Crippen LogP contribution in [0.4, 0.5) is 0 Å². The van der Waals surface area contributed by atoms with E-state index in [4.69, 9.17) is 5.11 Å². The van der Waals surface area contributed by atoms with Crippen LogP contribution < -0.4 is 5.56 Å². The lowest BCUT2D eigenvalue weighted by molar-refractivity contribution is -0.131. The van der Waals surface area contributed by atoms with Crippen LogP contribution in [0.5, 0.6) is 0 Å². The molecule has 0 aromatic carbocycles. The molecular formula is C13H12N2O3S. The van der Waals surface area contributed by atoms with Crippen molar-refractivity contribution in [2.45, 2.75) is 13.5 Å². The van der Waals surface area contributed by atoms with E-state index < -0.39 is 5.97 Å². The molecule has 0 fully saturated rings. The second-order valence-corrected chi connectivity index (χ2v) is 5.00. The van der Waals surface area contributed by atoms with Crippen molar-refractivity contribution in [1.29, 1.82) is 0 Å². The molecule has 19 heavy (non-hydrogen) atoms. The Morgan fingerprint density at radius 3 is 3.05 bits per heavy atom. The summed E-state index contributed by atoms with van der Waals surface area (Å²) in [7, 11) is 0. The Hall–Kier alpha value is -2.21. The minimum Gasteiger partial charge on any atom is -0.478 e. The first-order valence-corrected chi connectivity index (χ1v) is 6.45. The number of aromatic nitrogens is 2. The van der Waals surface area contributed by atoms with Crippen molar-refractivity contribution in [3.05, 3.63) is 56.1 Å². The van der Waals surface area contributed by atoms with Gasteiger partial charge in [0.1, 0.15) is 0 Å². The molecule has 0 radical (unpaired) electrons. The van der Waals surface area contributed by atoms with Crippen LogP contribution >= 0.6 is 11.3 Å². The molecule has 0 atom stereocenters. The van der Waals surface area contributed by atoms with E-state index >= 15 is 0 Å². The molecule has 6 heteroatoms. The maximum atomic E-state index is 11.7. The Morgan fingerprint density at radius 1 is 1.58 bits per heavy atom. The highest BCUT2D eigenvalue weighted by Crippen LogP contribution is 2.18. The standard InChI is InChI=1S/C13H12N2O3S/c1-9-6-12(16)15(14-7-9)8-11-10(4-5-19-11)2-3-13(17)18/h2-7H,8H2,1H3,(H,17,18)/b3-2+. The van der Waals surface area contributed by atoms with Crippen LogP contribution in [-0.2, 0) is 11.3 Å². The SMILES string of the molecule is Cc1cnn(Cc2sccc2/C=C/C(=O)O)c(=O)c1. The van der Waals surface area contributed by atoms with Gasteiger partial charge in [0.05, 0.1) is 12.7 Å². The van der Waals surface area contributed by atoms with Crippen molar-refractivity contribution in [1.82, 2.24) is 9.78 Å². The summed E-state index contributed by atoms with van der Waals surface area (Å²) in [6.45, 7) is 2.15. The number of nitrogens with zero attached hydrogens (tertiary/aromatic N) is 2. The van der Waals surface area contributed by atoms with Crippen LogP contribution in [0.25, 0.3) is 6.08 Å². The zero-order valence-electron chi connectivity index (χ0n) is 10.2. The normalized spacial score (nSPS) is 11.0. The number of carboxylic acids is 1. The van der Waals surface area contributed by atoms with Crippen molar-refractivity contribution >= 4 is 23.4 Å². The predicted octanol–water partition coefficient (Wildman–Crippen LogP) is 1.76. The van der Waals surface area contributed by atoms with Gasteiger partial charge in [0.2, 0.25) is 0 Å². The fourth-order valence-corrected chi connectivity index (χ4v) is 2.42. The quantitative estimate of drug-likeness (QED) is 0.864. The molecule has 0 aliphatic heterocycles. The van der Waals surface area contributed by atoms with Gasteiger partial charge in [0.15, 0.2) is 0 Å². The molecule has 1 N–H and O–H groups in total. The summed E-state index contributed by atoms with van der Waals surface area (Å²) < 4.78 is 1.36. The van der Waals surface area contributed by atoms with Gasteiger partial charge in [0.25, 0.3) is 5.56 Å². The Bertz CT molecular complexity index is 685. The van der Waals surface area contributed by atoms with E-state index in [1.165, 1.54) is 28.2 Å². The number of rotatable bonds is 4. The summed E-state index contributed by atoms with van der Waals surface area (Å²) in [5, 5.41) is 14.5. The van der Waals surface area contributed by atoms with E-state index in [9.17, 15) is 9.59 Å². The Morgan fingerprint density at radius 2 is 2.37 bits per heavy atom. The molecule has 2 heterocycles. The lowest BCUT2D eigenvalue weighted by Gasteiger charge is -2.03. The van der Waals surface area contributed by atoms with E-state index in [1.54, 1.807) is 6.20 Å². The van der Waals surface area contributed by atoms with Gasteiger partial charge >= 0.3 is 5.97 Å². The van der Waals surface area contributed by atoms with Crippen LogP contribution in [0.15, 0.2) is 34.6 Å². The minimum absolute atomic E-state index is 0.165. The van der Waals surface area contributed by atoms with E-state index in [0.29, 0.717) is 6.54 Å². The first kappa shape index (κ1) is 13.2. The zero-order valence-corrected chi connectivity index (χ0v) is 11.1. The average Bonchev–Trinajstić information content (AvgIpc) is 2.77. The molecule has 2 rings (SSSR count). The van der Waals surface area contributed by atoms with E-state index in [1.807, 2.05) is 18.4 Å². The summed E-state index contributed by atoms with van der Waals surface area (Å²) in [5.74, 6) is -0.997. The molecule has 0 saturated carbocycles. The molecule has 0 saturated heterocycles.